The molecule has 2 N–H and O–H groups in total. The van der Waals surface area contributed by atoms with Crippen molar-refractivity contribution in [2.24, 2.45) is 0 Å². The lowest BCUT2D eigenvalue weighted by Gasteiger charge is -2.08. The number of ether oxygens (including phenoxy) is 2. The van der Waals surface area contributed by atoms with E-state index in [9.17, 15) is 4.79 Å². The lowest BCUT2D eigenvalue weighted by atomic mass is 10.2. The van der Waals surface area contributed by atoms with Crippen molar-refractivity contribution < 1.29 is 14.3 Å². The zero-order valence-electron chi connectivity index (χ0n) is 14.5. The maximum atomic E-state index is 12.2. The van der Waals surface area contributed by atoms with Gasteiger partial charge < -0.3 is 20.1 Å². The summed E-state index contributed by atoms with van der Waals surface area (Å²) in [5, 5.41) is 6.09. The Bertz CT molecular complexity index is 930. The second kappa shape index (κ2) is 7.74. The normalized spacial score (nSPS) is 11.9. The van der Waals surface area contributed by atoms with Crippen molar-refractivity contribution in [1.29, 1.82) is 0 Å². The van der Waals surface area contributed by atoms with E-state index in [1.807, 2.05) is 30.3 Å². The number of benzene rings is 1. The second-order valence-electron chi connectivity index (χ2n) is 6.01. The highest BCUT2D eigenvalue weighted by atomic mass is 16.7. The zero-order valence-corrected chi connectivity index (χ0v) is 14.5. The Morgan fingerprint density at radius 1 is 0.963 bits per heavy atom. The Morgan fingerprint density at radius 2 is 1.81 bits per heavy atom. The number of hydrogen-bond acceptors (Lipinski definition) is 6. The van der Waals surface area contributed by atoms with Crippen LogP contribution in [0.5, 0.6) is 11.5 Å². The maximum Gasteiger partial charge on any atom is 0.253 e. The van der Waals surface area contributed by atoms with Crippen LogP contribution in [0.2, 0.25) is 0 Å². The molecule has 4 rings (SSSR count). The highest BCUT2D eigenvalue weighted by Crippen LogP contribution is 2.32. The second-order valence-corrected chi connectivity index (χ2v) is 6.01. The monoisotopic (exact) mass is 362 g/mol. The first-order valence-corrected chi connectivity index (χ1v) is 8.53. The fourth-order valence-electron chi connectivity index (χ4n) is 2.66. The van der Waals surface area contributed by atoms with E-state index in [2.05, 4.69) is 20.6 Å². The van der Waals surface area contributed by atoms with E-state index in [1.165, 1.54) is 0 Å². The minimum atomic E-state index is -0.165. The summed E-state index contributed by atoms with van der Waals surface area (Å²) in [6.07, 6.45) is 4.96. The van der Waals surface area contributed by atoms with Gasteiger partial charge in [0.15, 0.2) is 11.5 Å². The Balaban J connectivity index is 1.31. The van der Waals surface area contributed by atoms with Crippen molar-refractivity contribution in [3.8, 4) is 11.5 Å². The Labute approximate surface area is 156 Å². The van der Waals surface area contributed by atoms with Crippen molar-refractivity contribution in [2.75, 3.05) is 12.1 Å². The molecule has 0 unspecified atom stereocenters. The zero-order chi connectivity index (χ0) is 18.5. The minimum absolute atomic E-state index is 0.165. The van der Waals surface area contributed by atoms with Gasteiger partial charge in [0.2, 0.25) is 6.79 Å². The van der Waals surface area contributed by atoms with Crippen molar-refractivity contribution in [3.63, 3.8) is 0 Å². The minimum Gasteiger partial charge on any atom is -0.454 e. The van der Waals surface area contributed by atoms with Gasteiger partial charge in [-0.1, -0.05) is 6.07 Å². The molecule has 7 heteroatoms. The van der Waals surface area contributed by atoms with Gasteiger partial charge in [-0.3, -0.25) is 9.78 Å². The molecule has 1 aliphatic heterocycles. The van der Waals surface area contributed by atoms with Gasteiger partial charge in [-0.25, -0.2) is 4.98 Å². The molecular formula is C20H18N4O3. The summed E-state index contributed by atoms with van der Waals surface area (Å²) in [5.41, 5.74) is 2.56. The Kier molecular flexibility index (Phi) is 4.82. The van der Waals surface area contributed by atoms with Crippen molar-refractivity contribution in [1.82, 2.24) is 15.3 Å². The van der Waals surface area contributed by atoms with Crippen LogP contribution in [0, 0.1) is 0 Å². The summed E-state index contributed by atoms with van der Waals surface area (Å²) < 4.78 is 10.7. The van der Waals surface area contributed by atoms with Crippen LogP contribution in [0.15, 0.2) is 61.1 Å². The fourth-order valence-corrected chi connectivity index (χ4v) is 2.66. The SMILES string of the molecule is O=C(NCc1ccncc1)c1ccc(NCc2ccc3c(c2)OCO3)nc1. The van der Waals surface area contributed by atoms with Gasteiger partial charge in [0.25, 0.3) is 5.91 Å². The number of aromatic nitrogens is 2. The van der Waals surface area contributed by atoms with Gasteiger partial charge in [0.1, 0.15) is 5.82 Å². The van der Waals surface area contributed by atoms with Crippen LogP contribution < -0.4 is 20.1 Å². The first-order valence-electron chi connectivity index (χ1n) is 8.53. The molecule has 0 saturated heterocycles. The molecule has 7 nitrogen and oxygen atoms in total. The molecule has 1 aliphatic rings. The largest absolute Gasteiger partial charge is 0.454 e. The van der Waals surface area contributed by atoms with E-state index >= 15 is 0 Å². The third-order valence-electron chi connectivity index (χ3n) is 4.14. The van der Waals surface area contributed by atoms with Gasteiger partial charge in [0, 0.05) is 31.7 Å². The number of carbonyl (C=O) groups excluding carboxylic acids is 1. The van der Waals surface area contributed by atoms with Gasteiger partial charge in [-0.2, -0.15) is 0 Å². The van der Waals surface area contributed by atoms with Crippen molar-refractivity contribution in [3.05, 3.63) is 77.7 Å². The molecule has 0 atom stereocenters. The molecule has 0 aliphatic carbocycles. The van der Waals surface area contributed by atoms with Crippen LogP contribution in [-0.2, 0) is 13.1 Å². The lowest BCUT2D eigenvalue weighted by molar-refractivity contribution is 0.0950. The predicted octanol–water partition coefficient (Wildman–Crippen LogP) is 2.75. The highest BCUT2D eigenvalue weighted by Gasteiger charge is 2.13. The van der Waals surface area contributed by atoms with Gasteiger partial charge in [-0.05, 0) is 47.5 Å². The molecule has 0 saturated carbocycles. The molecule has 1 amide bonds. The van der Waals surface area contributed by atoms with E-state index in [-0.39, 0.29) is 12.7 Å². The molecule has 136 valence electrons. The van der Waals surface area contributed by atoms with Gasteiger partial charge in [-0.15, -0.1) is 0 Å². The summed E-state index contributed by atoms with van der Waals surface area (Å²) in [7, 11) is 0. The number of hydrogen-bond donors (Lipinski definition) is 2. The first kappa shape index (κ1) is 16.8. The van der Waals surface area contributed by atoms with E-state index < -0.39 is 0 Å². The third kappa shape index (κ3) is 4.14. The number of nitrogens with one attached hydrogen (secondary N) is 2. The van der Waals surface area contributed by atoms with E-state index in [0.29, 0.717) is 24.5 Å². The molecule has 27 heavy (non-hydrogen) atoms. The number of rotatable bonds is 6. The number of carbonyl (C=O) groups is 1. The average molecular weight is 362 g/mol. The Hall–Kier alpha value is -3.61. The molecule has 0 spiro atoms. The predicted molar refractivity (Wildman–Crippen MR) is 99.5 cm³/mol. The van der Waals surface area contributed by atoms with E-state index in [0.717, 1.165) is 22.6 Å². The average Bonchev–Trinajstić information content (AvgIpc) is 3.19. The fraction of sp³-hybridized carbons (Fsp3) is 0.150. The highest BCUT2D eigenvalue weighted by molar-refractivity contribution is 5.94. The smallest absolute Gasteiger partial charge is 0.253 e. The van der Waals surface area contributed by atoms with Crippen molar-refractivity contribution >= 4 is 11.7 Å². The molecule has 3 heterocycles. The van der Waals surface area contributed by atoms with Crippen LogP contribution in [0.4, 0.5) is 5.82 Å². The van der Waals surface area contributed by atoms with Crippen LogP contribution >= 0.6 is 0 Å². The quantitative estimate of drug-likeness (QED) is 0.701. The van der Waals surface area contributed by atoms with E-state index in [4.69, 9.17) is 9.47 Å². The number of anilines is 1. The molecule has 1 aromatic carbocycles. The number of pyridine rings is 2. The summed E-state index contributed by atoms with van der Waals surface area (Å²) in [5.74, 6) is 2.04. The third-order valence-corrected chi connectivity index (χ3v) is 4.14. The lowest BCUT2D eigenvalue weighted by Crippen LogP contribution is -2.22. The molecular weight excluding hydrogens is 344 g/mol. The number of fused-ring (bicyclic) bond motifs is 1. The topological polar surface area (TPSA) is 85.4 Å². The van der Waals surface area contributed by atoms with Gasteiger partial charge in [0.05, 0.1) is 5.56 Å². The summed E-state index contributed by atoms with van der Waals surface area (Å²) in [6.45, 7) is 1.31. The van der Waals surface area contributed by atoms with E-state index in [1.54, 1.807) is 30.7 Å². The molecule has 0 radical (unpaired) electrons. The van der Waals surface area contributed by atoms with Crippen LogP contribution in [0.1, 0.15) is 21.5 Å². The molecule has 2 aromatic heterocycles. The van der Waals surface area contributed by atoms with Gasteiger partial charge >= 0.3 is 0 Å². The van der Waals surface area contributed by atoms with Crippen molar-refractivity contribution in [2.45, 2.75) is 13.1 Å². The maximum absolute atomic E-state index is 12.2. The summed E-state index contributed by atoms with van der Waals surface area (Å²) in [6, 6.07) is 13.1. The number of amides is 1. The van der Waals surface area contributed by atoms with Crippen LogP contribution in [0.3, 0.4) is 0 Å². The van der Waals surface area contributed by atoms with Crippen LogP contribution in [-0.4, -0.2) is 22.7 Å². The Morgan fingerprint density at radius 3 is 2.63 bits per heavy atom. The first-order chi connectivity index (χ1) is 13.3. The molecule has 0 fully saturated rings. The standard InChI is InChI=1S/C20H18N4O3/c25-20(24-10-14-5-7-21-8-6-14)16-2-4-19(23-12-16)22-11-15-1-3-17-18(9-15)27-13-26-17/h1-9,12H,10-11,13H2,(H,22,23)(H,24,25). The molecule has 3 aromatic rings. The summed E-state index contributed by atoms with van der Waals surface area (Å²) >= 11 is 0. The summed E-state index contributed by atoms with van der Waals surface area (Å²) in [4.78, 5) is 20.5. The van der Waals surface area contributed by atoms with Crippen LogP contribution in [0.25, 0.3) is 0 Å². The molecule has 0 bridgehead atoms. The number of nitrogens with zero attached hydrogens (tertiary/aromatic N) is 2.